The Morgan fingerprint density at radius 1 is 1.25 bits per heavy atom. The molecule has 0 radical (unpaired) electrons. The van der Waals surface area contributed by atoms with Crippen LogP contribution in [0.2, 0.25) is 0 Å². The van der Waals surface area contributed by atoms with Crippen LogP contribution in [0, 0.1) is 0 Å². The lowest BCUT2D eigenvalue weighted by molar-refractivity contribution is -0.132. The third-order valence-corrected chi connectivity index (χ3v) is 4.36. The first-order valence-electron chi connectivity index (χ1n) is 8.15. The van der Waals surface area contributed by atoms with E-state index in [1.54, 1.807) is 4.90 Å². The van der Waals surface area contributed by atoms with Gasteiger partial charge < -0.3 is 19.7 Å². The Bertz CT molecular complexity index is 547. The predicted octanol–water partition coefficient (Wildman–Crippen LogP) is 2.01. The van der Waals surface area contributed by atoms with Crippen LogP contribution in [0.15, 0.2) is 24.3 Å². The summed E-state index contributed by atoms with van der Waals surface area (Å²) in [4.78, 5) is 25.9. The van der Waals surface area contributed by atoms with Crippen LogP contribution in [0.4, 0.5) is 5.69 Å². The van der Waals surface area contributed by atoms with E-state index in [4.69, 9.17) is 9.47 Å². The van der Waals surface area contributed by atoms with Crippen LogP contribution < -0.4 is 10.1 Å². The van der Waals surface area contributed by atoms with Crippen molar-refractivity contribution < 1.29 is 19.1 Å². The first-order valence-corrected chi connectivity index (χ1v) is 9.31. The third kappa shape index (κ3) is 6.05. The summed E-state index contributed by atoms with van der Waals surface area (Å²) >= 11 is 1.32. The second-order valence-electron chi connectivity index (χ2n) is 5.38. The van der Waals surface area contributed by atoms with Gasteiger partial charge in [-0.2, -0.15) is 0 Å². The van der Waals surface area contributed by atoms with Gasteiger partial charge in [0.25, 0.3) is 0 Å². The van der Waals surface area contributed by atoms with Crippen LogP contribution in [0.25, 0.3) is 0 Å². The number of nitrogens with zero attached hydrogens (tertiary/aromatic N) is 1. The van der Waals surface area contributed by atoms with E-state index in [0.29, 0.717) is 50.1 Å². The zero-order valence-electron chi connectivity index (χ0n) is 14.0. The monoisotopic (exact) mass is 352 g/mol. The summed E-state index contributed by atoms with van der Waals surface area (Å²) in [5.74, 6) is 1.13. The Kier molecular flexibility index (Phi) is 7.91. The normalized spacial score (nSPS) is 14.3. The Labute approximate surface area is 146 Å². The molecule has 0 saturated carbocycles. The number of para-hydroxylation sites is 2. The van der Waals surface area contributed by atoms with Crippen molar-refractivity contribution in [2.24, 2.45) is 0 Å². The van der Waals surface area contributed by atoms with Gasteiger partial charge in [0.05, 0.1) is 37.0 Å². The summed E-state index contributed by atoms with van der Waals surface area (Å²) in [7, 11) is 0. The third-order valence-electron chi connectivity index (χ3n) is 3.45. The number of hydrogen-bond acceptors (Lipinski definition) is 5. The molecule has 1 aromatic rings. The van der Waals surface area contributed by atoms with Gasteiger partial charge in [-0.3, -0.25) is 9.59 Å². The highest BCUT2D eigenvalue weighted by atomic mass is 32.2. The van der Waals surface area contributed by atoms with Crippen LogP contribution in [0.5, 0.6) is 5.75 Å². The molecule has 0 unspecified atom stereocenters. The fourth-order valence-electron chi connectivity index (χ4n) is 2.23. The Hall–Kier alpha value is -1.73. The number of thioether (sulfide) groups is 1. The number of rotatable bonds is 8. The van der Waals surface area contributed by atoms with E-state index in [1.807, 2.05) is 31.2 Å². The molecule has 0 bridgehead atoms. The first kappa shape index (κ1) is 18.6. The molecule has 1 N–H and O–H groups in total. The zero-order valence-corrected chi connectivity index (χ0v) is 14.8. The van der Waals surface area contributed by atoms with Gasteiger partial charge in [-0.25, -0.2) is 0 Å². The molecule has 7 heteroatoms. The van der Waals surface area contributed by atoms with Crippen molar-refractivity contribution >= 4 is 29.3 Å². The minimum absolute atomic E-state index is 0.0581. The molecule has 1 heterocycles. The van der Waals surface area contributed by atoms with Gasteiger partial charge in [0.15, 0.2) is 0 Å². The number of benzene rings is 1. The van der Waals surface area contributed by atoms with E-state index in [0.717, 1.165) is 6.42 Å². The second-order valence-corrected chi connectivity index (χ2v) is 6.36. The van der Waals surface area contributed by atoms with Crippen LogP contribution in [0.1, 0.15) is 13.3 Å². The summed E-state index contributed by atoms with van der Waals surface area (Å²) in [6.07, 6.45) is 0.905. The number of amides is 2. The highest BCUT2D eigenvalue weighted by Crippen LogP contribution is 2.24. The first-order chi connectivity index (χ1) is 11.7. The highest BCUT2D eigenvalue weighted by molar-refractivity contribution is 8.00. The van der Waals surface area contributed by atoms with E-state index < -0.39 is 0 Å². The lowest BCUT2D eigenvalue weighted by Gasteiger charge is -2.26. The van der Waals surface area contributed by atoms with Crippen LogP contribution in [0.3, 0.4) is 0 Å². The average molecular weight is 352 g/mol. The quantitative estimate of drug-likeness (QED) is 0.775. The second kappa shape index (κ2) is 10.2. The number of nitrogens with one attached hydrogen (secondary N) is 1. The molecule has 0 aliphatic carbocycles. The van der Waals surface area contributed by atoms with Crippen molar-refractivity contribution in [3.63, 3.8) is 0 Å². The largest absolute Gasteiger partial charge is 0.491 e. The van der Waals surface area contributed by atoms with Crippen molar-refractivity contribution in [2.75, 3.05) is 49.7 Å². The summed E-state index contributed by atoms with van der Waals surface area (Å²) < 4.78 is 10.8. The van der Waals surface area contributed by atoms with Gasteiger partial charge in [0.2, 0.25) is 11.8 Å². The maximum absolute atomic E-state index is 12.1. The number of hydrogen-bond donors (Lipinski definition) is 1. The maximum Gasteiger partial charge on any atom is 0.234 e. The fourth-order valence-corrected chi connectivity index (χ4v) is 2.95. The smallest absolute Gasteiger partial charge is 0.234 e. The van der Waals surface area contributed by atoms with Crippen LogP contribution >= 0.6 is 11.8 Å². The summed E-state index contributed by atoms with van der Waals surface area (Å²) in [6.45, 7) is 5.08. The fraction of sp³-hybridized carbons (Fsp3) is 0.529. The minimum atomic E-state index is -0.137. The van der Waals surface area contributed by atoms with E-state index in [1.165, 1.54) is 11.8 Å². The van der Waals surface area contributed by atoms with Gasteiger partial charge in [-0.05, 0) is 18.6 Å². The van der Waals surface area contributed by atoms with Gasteiger partial charge in [0, 0.05) is 13.1 Å². The molecule has 1 fully saturated rings. The topological polar surface area (TPSA) is 67.9 Å². The number of anilines is 1. The lowest BCUT2D eigenvalue weighted by atomic mass is 10.3. The molecule has 6 nitrogen and oxygen atoms in total. The van der Waals surface area contributed by atoms with Crippen molar-refractivity contribution in [3.05, 3.63) is 24.3 Å². The van der Waals surface area contributed by atoms with Gasteiger partial charge in [-0.1, -0.05) is 19.1 Å². The number of ether oxygens (including phenoxy) is 2. The van der Waals surface area contributed by atoms with E-state index in [2.05, 4.69) is 5.32 Å². The molecule has 132 valence electrons. The van der Waals surface area contributed by atoms with Gasteiger partial charge in [0.1, 0.15) is 5.75 Å². The number of carbonyl (C=O) groups is 2. The summed E-state index contributed by atoms with van der Waals surface area (Å²) in [5.41, 5.74) is 0.663. The maximum atomic E-state index is 12.1. The lowest BCUT2D eigenvalue weighted by Crippen LogP contribution is -2.41. The number of carbonyl (C=O) groups excluding carboxylic acids is 2. The van der Waals surface area contributed by atoms with Gasteiger partial charge in [-0.15, -0.1) is 11.8 Å². The standard InChI is InChI=1S/C17H24N2O4S/c1-2-9-23-15-6-4-3-5-14(15)18-16(20)12-24-13-17(21)19-7-10-22-11-8-19/h3-6H,2,7-13H2,1H3,(H,18,20). The zero-order chi connectivity index (χ0) is 17.2. The Morgan fingerprint density at radius 2 is 2.00 bits per heavy atom. The molecular weight excluding hydrogens is 328 g/mol. The van der Waals surface area contributed by atoms with Crippen LogP contribution in [-0.2, 0) is 14.3 Å². The van der Waals surface area contributed by atoms with E-state index in [9.17, 15) is 9.59 Å². The van der Waals surface area contributed by atoms with E-state index >= 15 is 0 Å². The molecule has 1 aromatic carbocycles. The van der Waals surface area contributed by atoms with E-state index in [-0.39, 0.29) is 17.6 Å². The highest BCUT2D eigenvalue weighted by Gasteiger charge is 2.17. The summed E-state index contributed by atoms with van der Waals surface area (Å²) in [5, 5.41) is 2.84. The van der Waals surface area contributed by atoms with Gasteiger partial charge >= 0.3 is 0 Å². The molecule has 2 rings (SSSR count). The van der Waals surface area contributed by atoms with Crippen LogP contribution in [-0.4, -0.2) is 61.1 Å². The summed E-state index contributed by atoms with van der Waals surface area (Å²) in [6, 6.07) is 7.37. The van der Waals surface area contributed by atoms with Crippen molar-refractivity contribution in [1.82, 2.24) is 4.90 Å². The molecule has 1 aliphatic rings. The SMILES string of the molecule is CCCOc1ccccc1NC(=O)CSCC(=O)N1CCOCC1. The van der Waals surface area contributed by atoms with Crippen molar-refractivity contribution in [1.29, 1.82) is 0 Å². The number of morpholine rings is 1. The molecule has 0 aromatic heterocycles. The Morgan fingerprint density at radius 3 is 2.75 bits per heavy atom. The molecule has 0 spiro atoms. The average Bonchev–Trinajstić information content (AvgIpc) is 2.61. The molecule has 24 heavy (non-hydrogen) atoms. The molecule has 1 aliphatic heterocycles. The molecular formula is C17H24N2O4S. The molecule has 2 amide bonds. The molecule has 1 saturated heterocycles. The van der Waals surface area contributed by atoms with Crippen molar-refractivity contribution in [3.8, 4) is 5.75 Å². The predicted molar refractivity (Wildman–Crippen MR) is 95.6 cm³/mol. The molecule has 0 atom stereocenters. The minimum Gasteiger partial charge on any atom is -0.491 e. The Balaban J connectivity index is 1.74. The van der Waals surface area contributed by atoms with Crippen molar-refractivity contribution in [2.45, 2.75) is 13.3 Å².